The standard InChI is InChI=1S/C13H19NO3/c1-10(2)8-17-12-7-5-4-6-11(12)14-13(15)9-16-3/h4-7,10H,8-9H2,1-3H3,(H,14,15). The minimum atomic E-state index is -0.187. The Labute approximate surface area is 102 Å². The highest BCUT2D eigenvalue weighted by Gasteiger charge is 2.07. The molecular formula is C13H19NO3. The summed E-state index contributed by atoms with van der Waals surface area (Å²) in [5.74, 6) is 0.941. The Bertz CT molecular complexity index is 363. The minimum Gasteiger partial charge on any atom is -0.491 e. The summed E-state index contributed by atoms with van der Waals surface area (Å²) in [6.07, 6.45) is 0. The first-order chi connectivity index (χ1) is 8.13. The van der Waals surface area contributed by atoms with E-state index in [0.717, 1.165) is 0 Å². The third-order valence-electron chi connectivity index (χ3n) is 2.01. The molecule has 0 unspecified atom stereocenters. The topological polar surface area (TPSA) is 47.6 Å². The molecule has 17 heavy (non-hydrogen) atoms. The molecule has 0 atom stereocenters. The lowest BCUT2D eigenvalue weighted by Crippen LogP contribution is -2.18. The minimum absolute atomic E-state index is 0.0402. The largest absolute Gasteiger partial charge is 0.491 e. The van der Waals surface area contributed by atoms with Crippen molar-refractivity contribution in [1.82, 2.24) is 0 Å². The molecule has 0 radical (unpaired) electrons. The molecule has 1 aromatic rings. The molecule has 0 saturated heterocycles. The number of amides is 1. The van der Waals surface area contributed by atoms with E-state index < -0.39 is 0 Å². The van der Waals surface area contributed by atoms with Gasteiger partial charge in [0.1, 0.15) is 12.4 Å². The van der Waals surface area contributed by atoms with Crippen LogP contribution in [0.3, 0.4) is 0 Å². The quantitative estimate of drug-likeness (QED) is 0.826. The normalized spacial score (nSPS) is 10.4. The number of para-hydroxylation sites is 2. The van der Waals surface area contributed by atoms with Gasteiger partial charge in [0.15, 0.2) is 0 Å². The van der Waals surface area contributed by atoms with Crippen molar-refractivity contribution in [3.05, 3.63) is 24.3 Å². The maximum Gasteiger partial charge on any atom is 0.250 e. The van der Waals surface area contributed by atoms with Crippen molar-refractivity contribution in [2.45, 2.75) is 13.8 Å². The molecule has 0 saturated carbocycles. The number of ether oxygens (including phenoxy) is 2. The molecule has 1 N–H and O–H groups in total. The van der Waals surface area contributed by atoms with E-state index in [1.807, 2.05) is 24.3 Å². The second-order valence-corrected chi connectivity index (χ2v) is 4.18. The van der Waals surface area contributed by atoms with Crippen molar-refractivity contribution in [2.75, 3.05) is 25.6 Å². The highest BCUT2D eigenvalue weighted by Crippen LogP contribution is 2.24. The predicted octanol–water partition coefficient (Wildman–Crippen LogP) is 2.31. The van der Waals surface area contributed by atoms with E-state index in [4.69, 9.17) is 9.47 Å². The van der Waals surface area contributed by atoms with Crippen LogP contribution >= 0.6 is 0 Å². The fourth-order valence-corrected chi connectivity index (χ4v) is 1.27. The van der Waals surface area contributed by atoms with Gasteiger partial charge in [-0.2, -0.15) is 0 Å². The van der Waals surface area contributed by atoms with Gasteiger partial charge in [0, 0.05) is 7.11 Å². The van der Waals surface area contributed by atoms with Crippen molar-refractivity contribution in [2.24, 2.45) is 5.92 Å². The third-order valence-corrected chi connectivity index (χ3v) is 2.01. The van der Waals surface area contributed by atoms with E-state index in [1.54, 1.807) is 0 Å². The smallest absolute Gasteiger partial charge is 0.250 e. The van der Waals surface area contributed by atoms with E-state index in [2.05, 4.69) is 19.2 Å². The van der Waals surface area contributed by atoms with Gasteiger partial charge in [0.05, 0.1) is 12.3 Å². The lowest BCUT2D eigenvalue weighted by Gasteiger charge is -2.13. The van der Waals surface area contributed by atoms with Crippen LogP contribution in [0.5, 0.6) is 5.75 Å². The Morgan fingerprint density at radius 3 is 2.71 bits per heavy atom. The molecule has 0 fully saturated rings. The number of methoxy groups -OCH3 is 1. The van der Waals surface area contributed by atoms with Gasteiger partial charge in [-0.25, -0.2) is 0 Å². The monoisotopic (exact) mass is 237 g/mol. The maximum atomic E-state index is 11.4. The summed E-state index contributed by atoms with van der Waals surface area (Å²) in [5, 5.41) is 2.75. The maximum absolute atomic E-state index is 11.4. The lowest BCUT2D eigenvalue weighted by atomic mass is 10.2. The first-order valence-corrected chi connectivity index (χ1v) is 5.64. The molecule has 94 valence electrons. The first-order valence-electron chi connectivity index (χ1n) is 5.64. The summed E-state index contributed by atoms with van der Waals surface area (Å²) < 4.78 is 10.4. The van der Waals surface area contributed by atoms with Crippen molar-refractivity contribution < 1.29 is 14.3 Å². The average molecular weight is 237 g/mol. The molecule has 0 aliphatic rings. The predicted molar refractivity (Wildman–Crippen MR) is 67.3 cm³/mol. The van der Waals surface area contributed by atoms with Crippen LogP contribution in [-0.4, -0.2) is 26.2 Å². The summed E-state index contributed by atoms with van der Waals surface area (Å²) in [6.45, 7) is 4.81. The van der Waals surface area contributed by atoms with Crippen LogP contribution in [0, 0.1) is 5.92 Å². The molecule has 0 bridgehead atoms. The van der Waals surface area contributed by atoms with Crippen molar-refractivity contribution in [1.29, 1.82) is 0 Å². The number of hydrogen-bond donors (Lipinski definition) is 1. The SMILES string of the molecule is COCC(=O)Nc1ccccc1OCC(C)C. The fourth-order valence-electron chi connectivity index (χ4n) is 1.27. The Hall–Kier alpha value is -1.55. The van der Waals surface area contributed by atoms with Gasteiger partial charge < -0.3 is 14.8 Å². The highest BCUT2D eigenvalue weighted by atomic mass is 16.5. The zero-order valence-electron chi connectivity index (χ0n) is 10.5. The number of hydrogen-bond acceptors (Lipinski definition) is 3. The number of carbonyl (C=O) groups excluding carboxylic acids is 1. The molecule has 1 rings (SSSR count). The van der Waals surface area contributed by atoms with Crippen LogP contribution in [0.2, 0.25) is 0 Å². The Morgan fingerprint density at radius 1 is 1.35 bits per heavy atom. The van der Waals surface area contributed by atoms with E-state index in [1.165, 1.54) is 7.11 Å². The van der Waals surface area contributed by atoms with Crippen LogP contribution in [0.15, 0.2) is 24.3 Å². The molecule has 0 aliphatic carbocycles. The number of nitrogens with one attached hydrogen (secondary N) is 1. The van der Waals surface area contributed by atoms with Gasteiger partial charge in [0.25, 0.3) is 0 Å². The average Bonchev–Trinajstić information content (AvgIpc) is 2.28. The van der Waals surface area contributed by atoms with E-state index in [-0.39, 0.29) is 12.5 Å². The summed E-state index contributed by atoms with van der Waals surface area (Å²) in [6, 6.07) is 7.38. The lowest BCUT2D eigenvalue weighted by molar-refractivity contribution is -0.119. The summed E-state index contributed by atoms with van der Waals surface area (Å²) in [7, 11) is 1.49. The molecular weight excluding hydrogens is 218 g/mol. The summed E-state index contributed by atoms with van der Waals surface area (Å²) >= 11 is 0. The molecule has 0 aromatic heterocycles. The Morgan fingerprint density at radius 2 is 2.06 bits per heavy atom. The van der Waals surface area contributed by atoms with E-state index >= 15 is 0 Å². The zero-order chi connectivity index (χ0) is 12.7. The van der Waals surface area contributed by atoms with Gasteiger partial charge >= 0.3 is 0 Å². The van der Waals surface area contributed by atoms with Crippen LogP contribution in [0.25, 0.3) is 0 Å². The van der Waals surface area contributed by atoms with Gasteiger partial charge in [0.2, 0.25) is 5.91 Å². The second kappa shape index (κ2) is 6.91. The summed E-state index contributed by atoms with van der Waals surface area (Å²) in [4.78, 5) is 11.4. The number of carbonyl (C=O) groups is 1. The second-order valence-electron chi connectivity index (χ2n) is 4.18. The highest BCUT2D eigenvalue weighted by molar-refractivity contribution is 5.93. The molecule has 0 aliphatic heterocycles. The molecule has 1 amide bonds. The van der Waals surface area contributed by atoms with Crippen LogP contribution in [-0.2, 0) is 9.53 Å². The first kappa shape index (κ1) is 13.5. The molecule has 4 nitrogen and oxygen atoms in total. The molecule has 1 aromatic carbocycles. The molecule has 0 spiro atoms. The summed E-state index contributed by atoms with van der Waals surface area (Å²) in [5.41, 5.74) is 0.676. The van der Waals surface area contributed by atoms with Gasteiger partial charge in [-0.05, 0) is 18.1 Å². The van der Waals surface area contributed by atoms with Crippen LogP contribution in [0.4, 0.5) is 5.69 Å². The van der Waals surface area contributed by atoms with Gasteiger partial charge in [-0.15, -0.1) is 0 Å². The van der Waals surface area contributed by atoms with Crippen LogP contribution < -0.4 is 10.1 Å². The Balaban J connectivity index is 2.67. The van der Waals surface area contributed by atoms with Crippen molar-refractivity contribution in [3.63, 3.8) is 0 Å². The van der Waals surface area contributed by atoms with E-state index in [9.17, 15) is 4.79 Å². The number of rotatable bonds is 6. The number of benzene rings is 1. The third kappa shape index (κ3) is 4.87. The fraction of sp³-hybridized carbons (Fsp3) is 0.462. The zero-order valence-corrected chi connectivity index (χ0v) is 10.5. The Kier molecular flexibility index (Phi) is 5.49. The van der Waals surface area contributed by atoms with E-state index in [0.29, 0.717) is 24.0 Å². The van der Waals surface area contributed by atoms with Crippen molar-refractivity contribution >= 4 is 11.6 Å². The van der Waals surface area contributed by atoms with Gasteiger partial charge in [-0.3, -0.25) is 4.79 Å². The van der Waals surface area contributed by atoms with Crippen LogP contribution in [0.1, 0.15) is 13.8 Å². The van der Waals surface area contributed by atoms with Crippen molar-refractivity contribution in [3.8, 4) is 5.75 Å². The number of anilines is 1. The van der Waals surface area contributed by atoms with Gasteiger partial charge in [-0.1, -0.05) is 26.0 Å². The molecule has 4 heteroatoms. The molecule has 0 heterocycles.